The summed E-state index contributed by atoms with van der Waals surface area (Å²) in [6, 6.07) is 7.33. The number of halogens is 2. The van der Waals surface area contributed by atoms with Crippen LogP contribution in [0.4, 0.5) is 5.82 Å². The number of benzene rings is 1. The number of nitrogens with zero attached hydrogens (tertiary/aromatic N) is 1. The van der Waals surface area contributed by atoms with Gasteiger partial charge in [-0.05, 0) is 37.3 Å². The standard InChI is InChI=1S/C12H10BrClN2O3S/c1-7-2-4-10(17)12(15-7)16-20(18,19)11-5-3-8(13)6-9(11)14/h2-6,17H,1H3,(H,15,16). The van der Waals surface area contributed by atoms with Crippen molar-refractivity contribution in [2.75, 3.05) is 4.72 Å². The van der Waals surface area contributed by atoms with E-state index < -0.39 is 10.0 Å². The van der Waals surface area contributed by atoms with Crippen LogP contribution in [0.3, 0.4) is 0 Å². The minimum absolute atomic E-state index is 0.0685. The van der Waals surface area contributed by atoms with Crippen molar-refractivity contribution in [3.05, 3.63) is 45.5 Å². The van der Waals surface area contributed by atoms with Gasteiger partial charge < -0.3 is 5.11 Å². The molecule has 0 saturated heterocycles. The van der Waals surface area contributed by atoms with Crippen LogP contribution in [0.2, 0.25) is 5.02 Å². The molecule has 20 heavy (non-hydrogen) atoms. The Balaban J connectivity index is 2.43. The summed E-state index contributed by atoms with van der Waals surface area (Å²) in [6.07, 6.45) is 0. The molecule has 0 fully saturated rings. The van der Waals surface area contributed by atoms with E-state index >= 15 is 0 Å². The zero-order valence-corrected chi connectivity index (χ0v) is 13.4. The zero-order chi connectivity index (χ0) is 14.9. The van der Waals surface area contributed by atoms with E-state index in [-0.39, 0.29) is 21.5 Å². The number of sulfonamides is 1. The fourth-order valence-corrected chi connectivity index (χ4v) is 3.56. The van der Waals surface area contributed by atoms with Gasteiger partial charge >= 0.3 is 0 Å². The molecule has 2 aromatic rings. The third-order valence-electron chi connectivity index (χ3n) is 2.43. The van der Waals surface area contributed by atoms with Crippen molar-refractivity contribution in [2.24, 2.45) is 0 Å². The van der Waals surface area contributed by atoms with Gasteiger partial charge in [0, 0.05) is 10.2 Å². The molecule has 0 aliphatic rings. The average molecular weight is 378 g/mol. The van der Waals surface area contributed by atoms with E-state index in [1.165, 1.54) is 18.2 Å². The second kappa shape index (κ2) is 5.59. The Morgan fingerprint density at radius 1 is 1.30 bits per heavy atom. The lowest BCUT2D eigenvalue weighted by Crippen LogP contribution is -2.14. The number of nitrogens with one attached hydrogen (secondary N) is 1. The highest BCUT2D eigenvalue weighted by Crippen LogP contribution is 2.28. The maximum atomic E-state index is 12.2. The lowest BCUT2D eigenvalue weighted by Gasteiger charge is -2.10. The van der Waals surface area contributed by atoms with Gasteiger partial charge in [-0.2, -0.15) is 0 Å². The number of rotatable bonds is 3. The lowest BCUT2D eigenvalue weighted by molar-refractivity contribution is 0.475. The van der Waals surface area contributed by atoms with E-state index in [4.69, 9.17) is 11.6 Å². The molecular formula is C12H10BrClN2O3S. The van der Waals surface area contributed by atoms with Gasteiger partial charge in [0.1, 0.15) is 4.90 Å². The molecule has 0 amide bonds. The molecule has 1 aromatic heterocycles. The van der Waals surface area contributed by atoms with E-state index in [9.17, 15) is 13.5 Å². The number of aryl methyl sites for hydroxylation is 1. The molecule has 1 heterocycles. The van der Waals surface area contributed by atoms with Gasteiger partial charge in [-0.25, -0.2) is 13.4 Å². The minimum Gasteiger partial charge on any atom is -0.504 e. The quantitative estimate of drug-likeness (QED) is 0.860. The second-order valence-electron chi connectivity index (χ2n) is 4.00. The number of hydrogen-bond donors (Lipinski definition) is 2. The Labute approximate surface area is 129 Å². The summed E-state index contributed by atoms with van der Waals surface area (Å²) >= 11 is 9.12. The molecule has 5 nitrogen and oxygen atoms in total. The smallest absolute Gasteiger partial charge is 0.264 e. The predicted molar refractivity (Wildman–Crippen MR) is 80.6 cm³/mol. The summed E-state index contributed by atoms with van der Waals surface area (Å²) in [5, 5.41) is 9.70. The lowest BCUT2D eigenvalue weighted by atomic mass is 10.3. The van der Waals surface area contributed by atoms with Crippen molar-refractivity contribution >= 4 is 43.4 Å². The van der Waals surface area contributed by atoms with Crippen molar-refractivity contribution in [2.45, 2.75) is 11.8 Å². The van der Waals surface area contributed by atoms with E-state index in [1.54, 1.807) is 19.1 Å². The summed E-state index contributed by atoms with van der Waals surface area (Å²) < 4.78 is 27.4. The molecule has 0 bridgehead atoms. The third-order valence-corrected chi connectivity index (χ3v) is 4.74. The summed E-state index contributed by atoms with van der Waals surface area (Å²) in [5.74, 6) is -0.392. The number of pyridine rings is 1. The first-order valence-electron chi connectivity index (χ1n) is 5.44. The summed E-state index contributed by atoms with van der Waals surface area (Å²) in [5.41, 5.74) is 0.572. The number of aromatic hydroxyl groups is 1. The zero-order valence-electron chi connectivity index (χ0n) is 10.3. The SMILES string of the molecule is Cc1ccc(O)c(NS(=O)(=O)c2ccc(Br)cc2Cl)n1. The summed E-state index contributed by atoms with van der Waals surface area (Å²) in [6.45, 7) is 1.68. The van der Waals surface area contributed by atoms with Crippen LogP contribution in [0.1, 0.15) is 5.69 Å². The van der Waals surface area contributed by atoms with Crippen LogP contribution in [-0.4, -0.2) is 18.5 Å². The molecule has 2 rings (SSSR count). The van der Waals surface area contributed by atoms with E-state index in [1.807, 2.05) is 0 Å². The Morgan fingerprint density at radius 2 is 2.00 bits per heavy atom. The molecule has 0 saturated carbocycles. The van der Waals surface area contributed by atoms with Crippen molar-refractivity contribution in [1.82, 2.24) is 4.98 Å². The van der Waals surface area contributed by atoms with Crippen LogP contribution < -0.4 is 4.72 Å². The van der Waals surface area contributed by atoms with Crippen molar-refractivity contribution in [1.29, 1.82) is 0 Å². The second-order valence-corrected chi connectivity index (χ2v) is 6.97. The van der Waals surface area contributed by atoms with Crippen molar-refractivity contribution in [3.8, 4) is 5.75 Å². The van der Waals surface area contributed by atoms with Crippen molar-refractivity contribution in [3.63, 3.8) is 0 Å². The van der Waals surface area contributed by atoms with Crippen LogP contribution in [0.5, 0.6) is 5.75 Å². The first kappa shape index (κ1) is 15.1. The number of aromatic nitrogens is 1. The summed E-state index contributed by atoms with van der Waals surface area (Å²) in [7, 11) is -3.93. The van der Waals surface area contributed by atoms with Crippen LogP contribution in [0, 0.1) is 6.92 Å². The van der Waals surface area contributed by atoms with E-state index in [2.05, 4.69) is 25.6 Å². The first-order valence-corrected chi connectivity index (χ1v) is 8.09. The summed E-state index contributed by atoms with van der Waals surface area (Å²) in [4.78, 5) is 3.85. The highest BCUT2D eigenvalue weighted by Gasteiger charge is 2.20. The van der Waals surface area contributed by atoms with E-state index in [0.717, 1.165) is 0 Å². The first-order chi connectivity index (χ1) is 9.29. The molecule has 0 spiro atoms. The molecule has 0 atom stereocenters. The average Bonchev–Trinajstić information content (AvgIpc) is 2.33. The molecule has 8 heteroatoms. The maximum absolute atomic E-state index is 12.2. The maximum Gasteiger partial charge on any atom is 0.264 e. The fraction of sp³-hybridized carbons (Fsp3) is 0.0833. The van der Waals surface area contributed by atoms with E-state index in [0.29, 0.717) is 10.2 Å². The molecule has 0 aliphatic carbocycles. The van der Waals surface area contributed by atoms with Gasteiger partial charge in [0.15, 0.2) is 11.6 Å². The number of anilines is 1. The van der Waals surface area contributed by atoms with Crippen LogP contribution >= 0.6 is 27.5 Å². The molecule has 2 N–H and O–H groups in total. The Morgan fingerprint density at radius 3 is 2.65 bits per heavy atom. The van der Waals surface area contributed by atoms with Gasteiger partial charge in [-0.3, -0.25) is 4.72 Å². The molecule has 1 aromatic carbocycles. The Bertz CT molecular complexity index is 765. The van der Waals surface area contributed by atoms with Gasteiger partial charge in [0.2, 0.25) is 0 Å². The monoisotopic (exact) mass is 376 g/mol. The van der Waals surface area contributed by atoms with Crippen LogP contribution in [0.25, 0.3) is 0 Å². The predicted octanol–water partition coefficient (Wildman–Crippen LogP) is 3.31. The topological polar surface area (TPSA) is 79.3 Å². The normalized spacial score (nSPS) is 11.3. The van der Waals surface area contributed by atoms with Gasteiger partial charge in [-0.15, -0.1) is 0 Å². The van der Waals surface area contributed by atoms with Gasteiger partial charge in [0.05, 0.1) is 5.02 Å². The highest BCUT2D eigenvalue weighted by molar-refractivity contribution is 9.10. The van der Waals surface area contributed by atoms with Gasteiger partial charge in [0.25, 0.3) is 10.0 Å². The Kier molecular flexibility index (Phi) is 4.22. The number of hydrogen-bond acceptors (Lipinski definition) is 4. The fourth-order valence-electron chi connectivity index (χ4n) is 1.50. The minimum atomic E-state index is -3.93. The van der Waals surface area contributed by atoms with Crippen LogP contribution in [-0.2, 0) is 10.0 Å². The molecule has 106 valence electrons. The largest absolute Gasteiger partial charge is 0.504 e. The molecule has 0 radical (unpaired) electrons. The van der Waals surface area contributed by atoms with Crippen LogP contribution in [0.15, 0.2) is 39.7 Å². The highest BCUT2D eigenvalue weighted by atomic mass is 79.9. The van der Waals surface area contributed by atoms with Gasteiger partial charge in [-0.1, -0.05) is 27.5 Å². The molecular weight excluding hydrogens is 368 g/mol. The molecule has 0 unspecified atom stereocenters. The Hall–Kier alpha value is -1.31. The third kappa shape index (κ3) is 3.23. The van der Waals surface area contributed by atoms with Crippen molar-refractivity contribution < 1.29 is 13.5 Å². The molecule has 0 aliphatic heterocycles.